The summed E-state index contributed by atoms with van der Waals surface area (Å²) < 4.78 is 1.85. The van der Waals surface area contributed by atoms with Crippen LogP contribution in [0.1, 0.15) is 26.3 Å². The van der Waals surface area contributed by atoms with Gasteiger partial charge in [0.2, 0.25) is 0 Å². The highest BCUT2D eigenvalue weighted by Gasteiger charge is 2.22. The molecule has 0 saturated heterocycles. The molecule has 0 bridgehead atoms. The van der Waals surface area contributed by atoms with Gasteiger partial charge in [-0.2, -0.15) is 5.10 Å². The highest BCUT2D eigenvalue weighted by Crippen LogP contribution is 2.34. The maximum atomic E-state index is 6.02. The average molecular weight is 229 g/mol. The molecule has 0 aliphatic rings. The molecule has 3 heteroatoms. The summed E-state index contributed by atoms with van der Waals surface area (Å²) in [7, 11) is 1.94. The van der Waals surface area contributed by atoms with Gasteiger partial charge in [0, 0.05) is 30.1 Å². The molecule has 0 radical (unpaired) electrons. The van der Waals surface area contributed by atoms with Crippen LogP contribution in [0.2, 0.25) is 0 Å². The highest BCUT2D eigenvalue weighted by molar-refractivity contribution is 5.76. The number of nitrogens with zero attached hydrogens (tertiary/aromatic N) is 2. The summed E-state index contributed by atoms with van der Waals surface area (Å²) in [6.07, 6.45) is 2.07. The van der Waals surface area contributed by atoms with Gasteiger partial charge in [0.15, 0.2) is 0 Å². The molecule has 0 saturated carbocycles. The average Bonchev–Trinajstić information content (AvgIpc) is 2.60. The van der Waals surface area contributed by atoms with Crippen molar-refractivity contribution in [3.8, 4) is 11.3 Å². The Hall–Kier alpha value is -1.77. The lowest BCUT2D eigenvalue weighted by Crippen LogP contribution is -2.11. The first-order chi connectivity index (χ1) is 7.89. The summed E-state index contributed by atoms with van der Waals surface area (Å²) in [5, 5.41) is 4.54. The third kappa shape index (κ3) is 2.18. The van der Waals surface area contributed by atoms with E-state index in [0.717, 1.165) is 16.9 Å². The van der Waals surface area contributed by atoms with Crippen molar-refractivity contribution in [1.29, 1.82) is 0 Å². The predicted octanol–water partition coefficient (Wildman–Crippen LogP) is 2.97. The molecule has 0 spiro atoms. The maximum Gasteiger partial charge on any atom is 0.0981 e. The Morgan fingerprint density at radius 2 is 1.82 bits per heavy atom. The first-order valence-electron chi connectivity index (χ1n) is 5.78. The molecule has 17 heavy (non-hydrogen) atoms. The second kappa shape index (κ2) is 3.91. The summed E-state index contributed by atoms with van der Waals surface area (Å²) in [5.74, 6) is 0. The summed E-state index contributed by atoms with van der Waals surface area (Å²) in [6.45, 7) is 6.56. The van der Waals surface area contributed by atoms with E-state index in [9.17, 15) is 0 Å². The lowest BCUT2D eigenvalue weighted by Gasteiger charge is -2.18. The molecule has 0 fully saturated rings. The van der Waals surface area contributed by atoms with E-state index < -0.39 is 0 Å². The molecule has 1 heterocycles. The monoisotopic (exact) mass is 229 g/mol. The van der Waals surface area contributed by atoms with Gasteiger partial charge in [-0.25, -0.2) is 0 Å². The minimum Gasteiger partial charge on any atom is -0.398 e. The van der Waals surface area contributed by atoms with Gasteiger partial charge in [0.1, 0.15) is 0 Å². The maximum absolute atomic E-state index is 6.02. The van der Waals surface area contributed by atoms with Crippen molar-refractivity contribution in [2.75, 3.05) is 5.73 Å². The summed E-state index contributed by atoms with van der Waals surface area (Å²) in [6, 6.07) is 7.87. The molecule has 0 atom stereocenters. The third-order valence-electron chi connectivity index (χ3n) is 2.85. The number of hydrogen-bond donors (Lipinski definition) is 1. The lowest BCUT2D eigenvalue weighted by atomic mass is 9.85. The summed E-state index contributed by atoms with van der Waals surface area (Å²) in [4.78, 5) is 0. The predicted molar refractivity (Wildman–Crippen MR) is 71.8 cm³/mol. The number of nitrogen functional groups attached to an aromatic ring is 1. The van der Waals surface area contributed by atoms with Gasteiger partial charge in [-0.1, -0.05) is 39.0 Å². The fourth-order valence-corrected chi connectivity index (χ4v) is 1.95. The molecule has 2 N–H and O–H groups in total. The summed E-state index contributed by atoms with van der Waals surface area (Å²) in [5.41, 5.74) is 10.1. The summed E-state index contributed by atoms with van der Waals surface area (Å²) >= 11 is 0. The van der Waals surface area contributed by atoms with Crippen LogP contribution in [0.3, 0.4) is 0 Å². The Labute approximate surface area is 102 Å². The lowest BCUT2D eigenvalue weighted by molar-refractivity contribution is 0.590. The number of benzene rings is 1. The Bertz CT molecular complexity index is 533. The van der Waals surface area contributed by atoms with Gasteiger partial charge in [-0.15, -0.1) is 0 Å². The van der Waals surface area contributed by atoms with Gasteiger partial charge in [-0.3, -0.25) is 4.68 Å². The van der Waals surface area contributed by atoms with Gasteiger partial charge in [0.05, 0.1) is 5.69 Å². The van der Waals surface area contributed by atoms with Gasteiger partial charge in [0.25, 0.3) is 0 Å². The SMILES string of the molecule is Cn1cc(C(C)(C)C)c(-c2ccccc2N)n1. The number of anilines is 1. The molecule has 0 aliphatic carbocycles. The highest BCUT2D eigenvalue weighted by atomic mass is 15.3. The molecule has 0 aliphatic heterocycles. The van der Waals surface area contributed by atoms with E-state index in [1.807, 2.05) is 36.0 Å². The standard InChI is InChI=1S/C14H19N3/c1-14(2,3)11-9-17(4)16-13(11)10-7-5-6-8-12(10)15/h5-9H,15H2,1-4H3. The molecule has 3 nitrogen and oxygen atoms in total. The van der Waals surface area contributed by atoms with E-state index in [-0.39, 0.29) is 5.41 Å². The number of para-hydroxylation sites is 1. The van der Waals surface area contributed by atoms with Crippen LogP contribution in [0.15, 0.2) is 30.5 Å². The smallest absolute Gasteiger partial charge is 0.0981 e. The van der Waals surface area contributed by atoms with Crippen LogP contribution in [-0.4, -0.2) is 9.78 Å². The van der Waals surface area contributed by atoms with Crippen LogP contribution in [0, 0.1) is 0 Å². The van der Waals surface area contributed by atoms with Crippen LogP contribution in [0.25, 0.3) is 11.3 Å². The number of aromatic nitrogens is 2. The van der Waals surface area contributed by atoms with Crippen LogP contribution >= 0.6 is 0 Å². The van der Waals surface area contributed by atoms with E-state index in [2.05, 4.69) is 32.1 Å². The number of aryl methyl sites for hydroxylation is 1. The van der Waals surface area contributed by atoms with Crippen molar-refractivity contribution in [3.05, 3.63) is 36.0 Å². The molecule has 2 rings (SSSR count). The van der Waals surface area contributed by atoms with E-state index in [1.165, 1.54) is 5.56 Å². The zero-order valence-corrected chi connectivity index (χ0v) is 10.9. The normalized spacial score (nSPS) is 11.8. The molecular formula is C14H19N3. The number of hydrogen-bond acceptors (Lipinski definition) is 2. The van der Waals surface area contributed by atoms with Gasteiger partial charge >= 0.3 is 0 Å². The largest absolute Gasteiger partial charge is 0.398 e. The van der Waals surface area contributed by atoms with E-state index in [4.69, 9.17) is 5.73 Å². The van der Waals surface area contributed by atoms with Gasteiger partial charge < -0.3 is 5.73 Å². The van der Waals surface area contributed by atoms with E-state index in [0.29, 0.717) is 0 Å². The van der Waals surface area contributed by atoms with Crippen molar-refractivity contribution in [2.45, 2.75) is 26.2 Å². The van der Waals surface area contributed by atoms with Crippen molar-refractivity contribution in [3.63, 3.8) is 0 Å². The molecule has 1 aromatic heterocycles. The van der Waals surface area contributed by atoms with Crippen LogP contribution in [0.5, 0.6) is 0 Å². The third-order valence-corrected chi connectivity index (χ3v) is 2.85. The van der Waals surface area contributed by atoms with Crippen LogP contribution in [0.4, 0.5) is 5.69 Å². The fourth-order valence-electron chi connectivity index (χ4n) is 1.95. The van der Waals surface area contributed by atoms with Crippen LogP contribution in [-0.2, 0) is 12.5 Å². The van der Waals surface area contributed by atoms with Crippen LogP contribution < -0.4 is 5.73 Å². The minimum absolute atomic E-state index is 0.0614. The first-order valence-corrected chi connectivity index (χ1v) is 5.78. The van der Waals surface area contributed by atoms with Crippen molar-refractivity contribution in [2.24, 2.45) is 7.05 Å². The molecule has 0 amide bonds. The fraction of sp³-hybridized carbons (Fsp3) is 0.357. The van der Waals surface area contributed by atoms with Crippen molar-refractivity contribution in [1.82, 2.24) is 9.78 Å². The Balaban J connectivity index is 2.64. The zero-order valence-electron chi connectivity index (χ0n) is 10.9. The Morgan fingerprint density at radius 1 is 1.18 bits per heavy atom. The van der Waals surface area contributed by atoms with Gasteiger partial charge in [-0.05, 0) is 11.5 Å². The Kier molecular flexibility index (Phi) is 2.69. The minimum atomic E-state index is 0.0614. The molecular weight excluding hydrogens is 210 g/mol. The van der Waals surface area contributed by atoms with Crippen molar-refractivity contribution >= 4 is 5.69 Å². The van der Waals surface area contributed by atoms with Crippen molar-refractivity contribution < 1.29 is 0 Å². The number of rotatable bonds is 1. The molecule has 0 unspecified atom stereocenters. The quantitative estimate of drug-likeness (QED) is 0.764. The van der Waals surface area contributed by atoms with E-state index in [1.54, 1.807) is 0 Å². The van der Waals surface area contributed by atoms with E-state index >= 15 is 0 Å². The Morgan fingerprint density at radius 3 is 2.41 bits per heavy atom. The molecule has 90 valence electrons. The molecule has 2 aromatic rings. The second-order valence-corrected chi connectivity index (χ2v) is 5.40. The molecule has 1 aromatic carbocycles. The second-order valence-electron chi connectivity index (χ2n) is 5.40. The first kappa shape index (κ1) is 11.7. The topological polar surface area (TPSA) is 43.8 Å². The zero-order chi connectivity index (χ0) is 12.6. The number of nitrogens with two attached hydrogens (primary N) is 1.